The minimum atomic E-state index is -3.50. The van der Waals surface area contributed by atoms with Gasteiger partial charge in [-0.2, -0.15) is 0 Å². The summed E-state index contributed by atoms with van der Waals surface area (Å²) in [6.07, 6.45) is 0.454. The first-order chi connectivity index (χ1) is 8.47. The number of ether oxygens (including phenoxy) is 1. The van der Waals surface area contributed by atoms with E-state index in [0.29, 0.717) is 30.3 Å². The Morgan fingerprint density at radius 1 is 1.56 bits per heavy atom. The Hall–Kier alpha value is -0.820. The number of benzene rings is 1. The molecule has 1 unspecified atom stereocenters. The normalized spacial score (nSPS) is 18.5. The standard InChI is InChI=1S/C11H15ClN2O3S/c1-2-14-18(15,16)9-4-7-3-8(6-13)17-11(7)10(12)5-9/h4-5,8,14H,2-3,6,13H2,1H3. The summed E-state index contributed by atoms with van der Waals surface area (Å²) in [5, 5.41) is 0.305. The minimum Gasteiger partial charge on any atom is -0.487 e. The van der Waals surface area contributed by atoms with Crippen LogP contribution in [-0.2, 0) is 16.4 Å². The Morgan fingerprint density at radius 3 is 2.89 bits per heavy atom. The van der Waals surface area contributed by atoms with E-state index in [1.807, 2.05) is 0 Å². The maximum absolute atomic E-state index is 11.9. The summed E-state index contributed by atoms with van der Waals surface area (Å²) in [5.41, 5.74) is 6.32. The fourth-order valence-electron chi connectivity index (χ4n) is 1.92. The Kier molecular flexibility index (Phi) is 3.82. The molecular weight excluding hydrogens is 276 g/mol. The quantitative estimate of drug-likeness (QED) is 0.863. The van der Waals surface area contributed by atoms with Crippen LogP contribution in [0.15, 0.2) is 17.0 Å². The van der Waals surface area contributed by atoms with Gasteiger partial charge in [0.05, 0.1) is 9.92 Å². The lowest BCUT2D eigenvalue weighted by Gasteiger charge is -2.09. The van der Waals surface area contributed by atoms with Crippen molar-refractivity contribution in [1.29, 1.82) is 0 Å². The average Bonchev–Trinajstić information content (AvgIpc) is 2.72. The molecule has 1 aromatic rings. The van der Waals surface area contributed by atoms with Gasteiger partial charge < -0.3 is 10.5 Å². The molecule has 2 rings (SSSR count). The Labute approximate surface area is 111 Å². The largest absolute Gasteiger partial charge is 0.487 e. The second-order valence-electron chi connectivity index (χ2n) is 4.07. The molecule has 7 heteroatoms. The summed E-state index contributed by atoms with van der Waals surface area (Å²) in [7, 11) is -3.50. The molecule has 100 valence electrons. The zero-order chi connectivity index (χ0) is 13.3. The molecule has 0 saturated heterocycles. The molecule has 0 bridgehead atoms. The van der Waals surface area contributed by atoms with Crippen molar-refractivity contribution in [2.75, 3.05) is 13.1 Å². The van der Waals surface area contributed by atoms with Gasteiger partial charge in [-0.25, -0.2) is 13.1 Å². The van der Waals surface area contributed by atoms with Crippen LogP contribution >= 0.6 is 11.6 Å². The lowest BCUT2D eigenvalue weighted by Crippen LogP contribution is -2.24. The van der Waals surface area contributed by atoms with Crippen molar-refractivity contribution in [1.82, 2.24) is 4.72 Å². The van der Waals surface area contributed by atoms with Gasteiger partial charge in [0.25, 0.3) is 0 Å². The van der Waals surface area contributed by atoms with Gasteiger partial charge in [0, 0.05) is 25.1 Å². The van der Waals surface area contributed by atoms with E-state index in [0.717, 1.165) is 5.56 Å². The highest BCUT2D eigenvalue weighted by molar-refractivity contribution is 7.89. The lowest BCUT2D eigenvalue weighted by molar-refractivity contribution is 0.241. The van der Waals surface area contributed by atoms with Gasteiger partial charge in [-0.3, -0.25) is 0 Å². The molecule has 0 spiro atoms. The third-order valence-corrected chi connectivity index (χ3v) is 4.54. The summed E-state index contributed by atoms with van der Waals surface area (Å²) in [6, 6.07) is 2.99. The van der Waals surface area contributed by atoms with Crippen molar-refractivity contribution in [2.24, 2.45) is 5.73 Å². The number of fused-ring (bicyclic) bond motifs is 1. The lowest BCUT2D eigenvalue weighted by atomic mass is 10.1. The Balaban J connectivity index is 2.42. The summed E-state index contributed by atoms with van der Waals surface area (Å²) < 4.78 is 31.8. The fraction of sp³-hybridized carbons (Fsp3) is 0.455. The van der Waals surface area contributed by atoms with Crippen LogP contribution in [0.2, 0.25) is 5.02 Å². The fourth-order valence-corrected chi connectivity index (χ4v) is 3.39. The number of halogens is 1. The Bertz CT molecular complexity index is 560. The number of hydrogen-bond acceptors (Lipinski definition) is 4. The minimum absolute atomic E-state index is 0.130. The molecule has 1 heterocycles. The van der Waals surface area contributed by atoms with Crippen LogP contribution in [0.3, 0.4) is 0 Å². The molecule has 1 aliphatic rings. The van der Waals surface area contributed by atoms with Gasteiger partial charge in [0.1, 0.15) is 11.9 Å². The van der Waals surface area contributed by atoms with Crippen molar-refractivity contribution in [3.63, 3.8) is 0 Å². The number of nitrogens with two attached hydrogens (primary N) is 1. The monoisotopic (exact) mass is 290 g/mol. The van der Waals surface area contributed by atoms with Crippen molar-refractivity contribution in [2.45, 2.75) is 24.3 Å². The number of sulfonamides is 1. The molecule has 0 fully saturated rings. The van der Waals surface area contributed by atoms with E-state index in [-0.39, 0.29) is 11.0 Å². The van der Waals surface area contributed by atoms with Crippen LogP contribution in [0, 0.1) is 0 Å². The molecule has 1 aliphatic heterocycles. The van der Waals surface area contributed by atoms with Crippen LogP contribution in [0.4, 0.5) is 0 Å². The van der Waals surface area contributed by atoms with Crippen LogP contribution in [0.25, 0.3) is 0 Å². The highest BCUT2D eigenvalue weighted by Gasteiger charge is 2.27. The SMILES string of the molecule is CCNS(=O)(=O)c1cc(Cl)c2c(c1)CC(CN)O2. The van der Waals surface area contributed by atoms with E-state index in [4.69, 9.17) is 22.1 Å². The molecule has 0 radical (unpaired) electrons. The molecule has 3 N–H and O–H groups in total. The predicted molar refractivity (Wildman–Crippen MR) is 69.5 cm³/mol. The van der Waals surface area contributed by atoms with E-state index >= 15 is 0 Å². The zero-order valence-electron chi connectivity index (χ0n) is 9.94. The van der Waals surface area contributed by atoms with Gasteiger partial charge in [-0.05, 0) is 12.1 Å². The van der Waals surface area contributed by atoms with Crippen molar-refractivity contribution in [3.8, 4) is 5.75 Å². The topological polar surface area (TPSA) is 81.4 Å². The third kappa shape index (κ3) is 2.47. The maximum Gasteiger partial charge on any atom is 0.240 e. The summed E-state index contributed by atoms with van der Waals surface area (Å²) >= 11 is 6.05. The second-order valence-corrected chi connectivity index (χ2v) is 6.25. The predicted octanol–water partition coefficient (Wildman–Crippen LogP) is 0.900. The second kappa shape index (κ2) is 5.05. The first-order valence-electron chi connectivity index (χ1n) is 5.66. The summed E-state index contributed by atoms with van der Waals surface area (Å²) in [5.74, 6) is 0.544. The Morgan fingerprint density at radius 2 is 2.28 bits per heavy atom. The molecule has 18 heavy (non-hydrogen) atoms. The van der Waals surface area contributed by atoms with E-state index in [9.17, 15) is 8.42 Å². The zero-order valence-corrected chi connectivity index (χ0v) is 11.5. The van der Waals surface area contributed by atoms with Gasteiger partial charge in [-0.1, -0.05) is 18.5 Å². The van der Waals surface area contributed by atoms with Crippen molar-refractivity contribution >= 4 is 21.6 Å². The van der Waals surface area contributed by atoms with Gasteiger partial charge in [0.15, 0.2) is 0 Å². The molecule has 5 nitrogen and oxygen atoms in total. The number of nitrogens with one attached hydrogen (secondary N) is 1. The molecule has 1 aromatic carbocycles. The van der Waals surface area contributed by atoms with Crippen LogP contribution in [0.5, 0.6) is 5.75 Å². The smallest absolute Gasteiger partial charge is 0.240 e. The molecule has 0 amide bonds. The summed E-state index contributed by atoms with van der Waals surface area (Å²) in [4.78, 5) is 0.161. The van der Waals surface area contributed by atoms with Gasteiger partial charge in [0.2, 0.25) is 10.0 Å². The van der Waals surface area contributed by atoms with E-state index in [1.165, 1.54) is 6.07 Å². The highest BCUT2D eigenvalue weighted by Crippen LogP contribution is 2.37. The summed E-state index contributed by atoms with van der Waals surface area (Å²) in [6.45, 7) is 2.43. The van der Waals surface area contributed by atoms with E-state index in [2.05, 4.69) is 4.72 Å². The van der Waals surface area contributed by atoms with Crippen molar-refractivity contribution in [3.05, 3.63) is 22.7 Å². The third-order valence-electron chi connectivity index (χ3n) is 2.73. The maximum atomic E-state index is 11.9. The molecule has 0 saturated carbocycles. The van der Waals surface area contributed by atoms with Crippen LogP contribution in [-0.4, -0.2) is 27.6 Å². The molecule has 0 aromatic heterocycles. The molecule has 0 aliphatic carbocycles. The number of hydrogen-bond donors (Lipinski definition) is 2. The molecule has 1 atom stereocenters. The van der Waals surface area contributed by atoms with Gasteiger partial charge >= 0.3 is 0 Å². The van der Waals surface area contributed by atoms with Crippen LogP contribution in [0.1, 0.15) is 12.5 Å². The van der Waals surface area contributed by atoms with Crippen LogP contribution < -0.4 is 15.2 Å². The first kappa shape index (κ1) is 13.6. The van der Waals surface area contributed by atoms with E-state index in [1.54, 1.807) is 13.0 Å². The van der Waals surface area contributed by atoms with E-state index < -0.39 is 10.0 Å². The number of rotatable bonds is 4. The van der Waals surface area contributed by atoms with Crippen molar-refractivity contribution < 1.29 is 13.2 Å². The average molecular weight is 291 g/mol. The molecular formula is C11H15ClN2O3S. The highest BCUT2D eigenvalue weighted by atomic mass is 35.5. The first-order valence-corrected chi connectivity index (χ1v) is 7.53. The van der Waals surface area contributed by atoms with Gasteiger partial charge in [-0.15, -0.1) is 0 Å².